The summed E-state index contributed by atoms with van der Waals surface area (Å²) < 4.78 is 0. The number of aromatic nitrogens is 2. The van der Waals surface area contributed by atoms with Crippen molar-refractivity contribution < 1.29 is 0 Å². The molecule has 2 heterocycles. The van der Waals surface area contributed by atoms with Crippen molar-refractivity contribution >= 4 is 97.0 Å². The van der Waals surface area contributed by atoms with Crippen LogP contribution in [0.4, 0.5) is 17.2 Å². The van der Waals surface area contributed by atoms with Crippen LogP contribution in [0.25, 0.3) is 21.8 Å². The molecule has 2 aromatic heterocycles. The minimum atomic E-state index is 0. The molecule has 4 nitrogen and oxygen atoms in total. The van der Waals surface area contributed by atoms with Crippen LogP contribution in [0.1, 0.15) is 7.43 Å². The van der Waals surface area contributed by atoms with Crippen molar-refractivity contribution in [1.82, 2.24) is 9.97 Å². The minimum absolute atomic E-state index is 0. The van der Waals surface area contributed by atoms with Crippen molar-refractivity contribution in [3.05, 3.63) is 134 Å². The van der Waals surface area contributed by atoms with Crippen LogP contribution in [0.5, 0.6) is 0 Å². The molecule has 0 aliphatic heterocycles. The first-order chi connectivity index (χ1) is 18.8. The molecule has 6 aromatic rings. The van der Waals surface area contributed by atoms with Gasteiger partial charge in [0.2, 0.25) is 0 Å². The summed E-state index contributed by atoms with van der Waals surface area (Å²) in [5.41, 5.74) is 8.73. The molecule has 0 saturated carbocycles. The van der Waals surface area contributed by atoms with Gasteiger partial charge < -0.3 is 11.1 Å². The van der Waals surface area contributed by atoms with Crippen molar-refractivity contribution in [3.63, 3.8) is 0 Å². The Kier molecular flexibility index (Phi) is 11.7. The first-order valence-corrected chi connectivity index (χ1v) is 13.5. The molecule has 0 spiro atoms. The lowest BCUT2D eigenvalue weighted by Gasteiger charge is -2.08. The lowest BCUT2D eigenvalue weighted by atomic mass is 10.2. The Morgan fingerprint density at radius 1 is 0.550 bits per heavy atom. The van der Waals surface area contributed by atoms with E-state index in [2.05, 4.69) is 15.3 Å². The van der Waals surface area contributed by atoms with Crippen LogP contribution >= 0.6 is 58.0 Å². The van der Waals surface area contributed by atoms with Crippen LogP contribution in [-0.4, -0.2) is 9.97 Å². The molecule has 0 unspecified atom stereocenters. The van der Waals surface area contributed by atoms with Crippen LogP contribution < -0.4 is 11.1 Å². The smallest absolute Gasteiger partial charge is 0.132 e. The predicted molar refractivity (Wildman–Crippen MR) is 176 cm³/mol. The van der Waals surface area contributed by atoms with E-state index in [4.69, 9.17) is 63.7 Å². The van der Waals surface area contributed by atoms with Gasteiger partial charge in [0, 0.05) is 38.3 Å². The predicted octanol–water partition coefficient (Wildman–Crippen LogP) is 11.4. The van der Waals surface area contributed by atoms with Gasteiger partial charge >= 0.3 is 0 Å². The van der Waals surface area contributed by atoms with E-state index >= 15 is 0 Å². The highest BCUT2D eigenvalue weighted by Crippen LogP contribution is 2.27. The quantitative estimate of drug-likeness (QED) is 0.148. The summed E-state index contributed by atoms with van der Waals surface area (Å²) in [6.07, 6.45) is 0. The summed E-state index contributed by atoms with van der Waals surface area (Å²) >= 11 is 29.3. The largest absolute Gasteiger partial charge is 0.399 e. The topological polar surface area (TPSA) is 63.8 Å². The van der Waals surface area contributed by atoms with Gasteiger partial charge in [0.1, 0.15) is 11.0 Å². The fraction of sp³-hybridized carbons (Fsp3) is 0.0323. The molecule has 6 rings (SSSR count). The molecule has 0 amide bonds. The standard InChI is InChI=1S/C15H10Cl2N2.C9H5Cl2N.C6H6ClN.CH4/c16-10-5-7-11(8-6-10)18-15-9-13(17)12-3-1-2-4-14(12)19-15;10-7-5-9(11)12-8-4-2-1-3-6(7)8;7-5-1-3-6(8)4-2-5;/h1-9H,(H,18,19);1-5H;1-4H,8H2;1H4. The number of halogens is 5. The van der Waals surface area contributed by atoms with Crippen LogP contribution in [0.3, 0.4) is 0 Å². The highest BCUT2D eigenvalue weighted by molar-refractivity contribution is 6.37. The summed E-state index contributed by atoms with van der Waals surface area (Å²) in [4.78, 5) is 8.64. The van der Waals surface area contributed by atoms with Crippen LogP contribution in [-0.2, 0) is 0 Å². The van der Waals surface area contributed by atoms with E-state index in [0.29, 0.717) is 26.0 Å². The van der Waals surface area contributed by atoms with Gasteiger partial charge in [0.15, 0.2) is 0 Å². The van der Waals surface area contributed by atoms with E-state index in [1.54, 1.807) is 30.3 Å². The average molecular weight is 631 g/mol. The van der Waals surface area contributed by atoms with Gasteiger partial charge in [-0.15, -0.1) is 0 Å². The monoisotopic (exact) mass is 628 g/mol. The Morgan fingerprint density at radius 3 is 1.57 bits per heavy atom. The third-order valence-corrected chi connectivity index (χ3v) is 6.61. The average Bonchev–Trinajstić information content (AvgIpc) is 2.92. The van der Waals surface area contributed by atoms with Gasteiger partial charge in [-0.05, 0) is 66.7 Å². The molecule has 40 heavy (non-hydrogen) atoms. The maximum absolute atomic E-state index is 6.25. The first kappa shape index (κ1) is 31.3. The molecule has 0 aliphatic carbocycles. The number of pyridine rings is 2. The van der Waals surface area contributed by atoms with Gasteiger partial charge in [0.05, 0.1) is 21.1 Å². The second-order valence-electron chi connectivity index (χ2n) is 8.13. The second kappa shape index (κ2) is 14.9. The number of nitrogens with two attached hydrogens (primary N) is 1. The maximum atomic E-state index is 6.25. The first-order valence-electron chi connectivity index (χ1n) is 11.6. The summed E-state index contributed by atoms with van der Waals surface area (Å²) in [7, 11) is 0. The summed E-state index contributed by atoms with van der Waals surface area (Å²) in [5.74, 6) is 0.714. The molecule has 9 heteroatoms. The Labute approximate surface area is 258 Å². The van der Waals surface area contributed by atoms with E-state index in [9.17, 15) is 0 Å². The molecule has 4 aromatic carbocycles. The van der Waals surface area contributed by atoms with Gasteiger partial charge in [-0.3, -0.25) is 0 Å². The molecule has 0 radical (unpaired) electrons. The zero-order valence-electron chi connectivity index (χ0n) is 20.3. The minimum Gasteiger partial charge on any atom is -0.399 e. The summed E-state index contributed by atoms with van der Waals surface area (Å²) in [6, 6.07) is 33.4. The highest BCUT2D eigenvalue weighted by atomic mass is 35.5. The van der Waals surface area contributed by atoms with Crippen LogP contribution in [0.2, 0.25) is 25.2 Å². The third-order valence-electron chi connectivity index (χ3n) is 5.29. The van der Waals surface area contributed by atoms with Gasteiger partial charge in [-0.1, -0.05) is 102 Å². The molecule has 0 bridgehead atoms. The number of fused-ring (bicyclic) bond motifs is 2. The number of hydrogen-bond acceptors (Lipinski definition) is 4. The van der Waals surface area contributed by atoms with Crippen molar-refractivity contribution in [2.24, 2.45) is 0 Å². The van der Waals surface area contributed by atoms with Gasteiger partial charge in [0.25, 0.3) is 0 Å². The Morgan fingerprint density at radius 2 is 1.02 bits per heavy atom. The van der Waals surface area contributed by atoms with E-state index < -0.39 is 0 Å². The second-order valence-corrected chi connectivity index (χ2v) is 10.2. The normalized spacial score (nSPS) is 10.0. The Balaban J connectivity index is 0.000000180. The van der Waals surface area contributed by atoms with E-state index in [1.165, 1.54) is 0 Å². The summed E-state index contributed by atoms with van der Waals surface area (Å²) in [5, 5.41) is 8.27. The fourth-order valence-corrected chi connectivity index (χ4v) is 4.48. The van der Waals surface area contributed by atoms with Gasteiger partial charge in [-0.2, -0.15) is 0 Å². The van der Waals surface area contributed by atoms with Crippen LogP contribution in [0, 0.1) is 0 Å². The summed E-state index contributed by atoms with van der Waals surface area (Å²) in [6.45, 7) is 0. The Hall–Kier alpha value is -3.25. The lowest BCUT2D eigenvalue weighted by molar-refractivity contribution is 1.37. The van der Waals surface area contributed by atoms with Crippen molar-refractivity contribution in [3.8, 4) is 0 Å². The molecule has 204 valence electrons. The molecular weight excluding hydrogens is 606 g/mol. The number of nitrogen functional groups attached to an aromatic ring is 1. The van der Waals surface area contributed by atoms with Crippen LogP contribution in [0.15, 0.2) is 109 Å². The third kappa shape index (κ3) is 8.88. The zero-order chi connectivity index (χ0) is 27.8. The van der Waals surface area contributed by atoms with E-state index in [0.717, 1.165) is 38.2 Å². The van der Waals surface area contributed by atoms with Gasteiger partial charge in [-0.25, -0.2) is 9.97 Å². The van der Waals surface area contributed by atoms with E-state index in [1.807, 2.05) is 78.9 Å². The number of hydrogen-bond donors (Lipinski definition) is 2. The molecule has 0 aliphatic rings. The molecule has 3 N–H and O–H groups in total. The van der Waals surface area contributed by atoms with Crippen molar-refractivity contribution in [2.45, 2.75) is 7.43 Å². The number of rotatable bonds is 2. The molecule has 0 atom stereocenters. The number of nitrogens with one attached hydrogen (secondary N) is 1. The Bertz CT molecular complexity index is 1670. The van der Waals surface area contributed by atoms with Crippen molar-refractivity contribution in [2.75, 3.05) is 11.1 Å². The fourth-order valence-electron chi connectivity index (χ4n) is 3.44. The molecule has 0 saturated heterocycles. The number of benzene rings is 4. The van der Waals surface area contributed by atoms with Crippen molar-refractivity contribution in [1.29, 1.82) is 0 Å². The number of anilines is 3. The SMILES string of the molecule is C.Clc1cc(Cl)c2ccccc2n1.Clc1ccc(Nc2cc(Cl)c3ccccc3n2)cc1.Nc1ccc(Cl)cc1. The number of nitrogens with zero attached hydrogens (tertiary/aromatic N) is 2. The number of para-hydroxylation sites is 2. The molecule has 0 fully saturated rings. The lowest BCUT2D eigenvalue weighted by Crippen LogP contribution is -1.94. The zero-order valence-corrected chi connectivity index (χ0v) is 24.0. The van der Waals surface area contributed by atoms with E-state index in [-0.39, 0.29) is 7.43 Å². The highest BCUT2D eigenvalue weighted by Gasteiger charge is 2.04. The maximum Gasteiger partial charge on any atom is 0.132 e. The molecular formula is C31H25Cl5N4.